The summed E-state index contributed by atoms with van der Waals surface area (Å²) in [6, 6.07) is 5.37. The van der Waals surface area contributed by atoms with Crippen molar-refractivity contribution in [1.82, 2.24) is 16.0 Å². The Kier molecular flexibility index (Phi) is 12.7. The number of rotatable bonds is 14. The van der Waals surface area contributed by atoms with Crippen molar-refractivity contribution in [1.29, 1.82) is 0 Å². The van der Waals surface area contributed by atoms with Crippen LogP contribution < -0.4 is 27.0 Å². The number of hydrogen-bond donors (Lipinski definition) is 5. The zero-order valence-electron chi connectivity index (χ0n) is 21.1. The van der Waals surface area contributed by atoms with Gasteiger partial charge in [0.15, 0.2) is 0 Å². The zero-order valence-corrected chi connectivity index (χ0v) is 21.1. The minimum atomic E-state index is -0.846. The van der Waals surface area contributed by atoms with Crippen molar-refractivity contribution in [2.75, 3.05) is 11.9 Å². The van der Waals surface area contributed by atoms with Gasteiger partial charge in [-0.2, -0.15) is 0 Å². The SMILES string of the molecule is CCCC(=O)NC(C(=O)N[C@@H](CCCNC(N)=O)C(=O)Nc1ccc(CC(C)C)cc1)C(C)C. The maximum atomic E-state index is 13.0. The quantitative estimate of drug-likeness (QED) is 0.264. The van der Waals surface area contributed by atoms with E-state index < -0.39 is 24.0 Å². The molecular weight excluding hydrogens is 434 g/mol. The first-order chi connectivity index (χ1) is 16.0. The second kappa shape index (κ2) is 14.9. The van der Waals surface area contributed by atoms with E-state index in [9.17, 15) is 19.2 Å². The first-order valence-electron chi connectivity index (χ1n) is 12.1. The van der Waals surface area contributed by atoms with Crippen LogP contribution in [-0.4, -0.2) is 42.4 Å². The van der Waals surface area contributed by atoms with E-state index in [1.807, 2.05) is 45.0 Å². The first-order valence-corrected chi connectivity index (χ1v) is 12.1. The van der Waals surface area contributed by atoms with Crippen LogP contribution >= 0.6 is 0 Å². The van der Waals surface area contributed by atoms with E-state index in [2.05, 4.69) is 35.1 Å². The molecule has 1 aromatic rings. The molecule has 0 spiro atoms. The molecule has 1 aromatic carbocycles. The van der Waals surface area contributed by atoms with Crippen LogP contribution in [0.25, 0.3) is 0 Å². The van der Waals surface area contributed by atoms with Crippen molar-refractivity contribution in [3.63, 3.8) is 0 Å². The second-order valence-corrected chi connectivity index (χ2v) is 9.32. The lowest BCUT2D eigenvalue weighted by atomic mass is 10.0. The van der Waals surface area contributed by atoms with Gasteiger partial charge in [0.25, 0.3) is 0 Å². The summed E-state index contributed by atoms with van der Waals surface area (Å²) in [4.78, 5) is 49.0. The highest BCUT2D eigenvalue weighted by molar-refractivity contribution is 5.98. The highest BCUT2D eigenvalue weighted by Crippen LogP contribution is 2.14. The standard InChI is InChI=1S/C25H41N5O4/c1-6-8-21(31)30-22(17(4)5)24(33)29-20(9-7-14-27-25(26)34)23(32)28-19-12-10-18(11-13-19)15-16(2)3/h10-13,16-17,20,22H,6-9,14-15H2,1-5H3,(H,28,32)(H,29,33)(H,30,31)(H3,26,27,34)/t20-,22?/m0/s1. The van der Waals surface area contributed by atoms with E-state index in [4.69, 9.17) is 5.73 Å². The van der Waals surface area contributed by atoms with E-state index in [0.717, 1.165) is 6.42 Å². The molecule has 0 radical (unpaired) electrons. The molecule has 1 unspecified atom stereocenters. The number of amides is 5. The number of carbonyl (C=O) groups is 4. The van der Waals surface area contributed by atoms with E-state index in [0.29, 0.717) is 30.9 Å². The molecule has 0 aliphatic heterocycles. The van der Waals surface area contributed by atoms with Gasteiger partial charge in [-0.3, -0.25) is 14.4 Å². The minimum absolute atomic E-state index is 0.158. The van der Waals surface area contributed by atoms with Crippen LogP contribution in [0.5, 0.6) is 0 Å². The fourth-order valence-corrected chi connectivity index (χ4v) is 3.48. The second-order valence-electron chi connectivity index (χ2n) is 9.32. The monoisotopic (exact) mass is 475 g/mol. The largest absolute Gasteiger partial charge is 0.352 e. The highest BCUT2D eigenvalue weighted by atomic mass is 16.2. The average Bonchev–Trinajstić information content (AvgIpc) is 2.74. The molecule has 0 heterocycles. The molecular formula is C25H41N5O4. The summed E-state index contributed by atoms with van der Waals surface area (Å²) in [6.45, 7) is 10.1. The van der Waals surface area contributed by atoms with Gasteiger partial charge in [-0.15, -0.1) is 0 Å². The molecule has 5 amide bonds. The van der Waals surface area contributed by atoms with Crippen LogP contribution in [0.4, 0.5) is 10.5 Å². The lowest BCUT2D eigenvalue weighted by molar-refractivity contribution is -0.132. The molecule has 0 aliphatic carbocycles. The fraction of sp³-hybridized carbons (Fsp3) is 0.600. The number of primary amides is 1. The van der Waals surface area contributed by atoms with Crippen LogP contribution in [0.3, 0.4) is 0 Å². The van der Waals surface area contributed by atoms with Crippen LogP contribution in [0.1, 0.15) is 65.9 Å². The van der Waals surface area contributed by atoms with Crippen molar-refractivity contribution in [3.8, 4) is 0 Å². The predicted octanol–water partition coefficient (Wildman–Crippen LogP) is 2.70. The van der Waals surface area contributed by atoms with E-state index >= 15 is 0 Å². The summed E-state index contributed by atoms with van der Waals surface area (Å²) < 4.78 is 0. The Balaban J connectivity index is 2.90. The van der Waals surface area contributed by atoms with Crippen LogP contribution in [0.15, 0.2) is 24.3 Å². The Bertz CT molecular complexity index is 808. The van der Waals surface area contributed by atoms with Crippen molar-refractivity contribution < 1.29 is 19.2 Å². The maximum Gasteiger partial charge on any atom is 0.312 e. The predicted molar refractivity (Wildman–Crippen MR) is 134 cm³/mol. The number of nitrogens with one attached hydrogen (secondary N) is 4. The molecule has 9 nitrogen and oxygen atoms in total. The highest BCUT2D eigenvalue weighted by Gasteiger charge is 2.28. The van der Waals surface area contributed by atoms with Crippen LogP contribution in [0, 0.1) is 11.8 Å². The summed E-state index contributed by atoms with van der Waals surface area (Å²) in [6.07, 6.45) is 2.67. The third kappa shape index (κ3) is 11.2. The van der Waals surface area contributed by atoms with E-state index in [-0.39, 0.29) is 30.7 Å². The molecule has 34 heavy (non-hydrogen) atoms. The Hall–Kier alpha value is -3.10. The Morgan fingerprint density at radius 1 is 0.941 bits per heavy atom. The minimum Gasteiger partial charge on any atom is -0.352 e. The summed E-state index contributed by atoms with van der Waals surface area (Å²) in [5, 5.41) is 10.9. The van der Waals surface area contributed by atoms with Gasteiger partial charge in [-0.1, -0.05) is 46.8 Å². The molecule has 0 bridgehead atoms. The first kappa shape index (κ1) is 28.9. The van der Waals surface area contributed by atoms with E-state index in [1.54, 1.807) is 0 Å². The number of carbonyl (C=O) groups excluding carboxylic acids is 4. The maximum absolute atomic E-state index is 13.0. The smallest absolute Gasteiger partial charge is 0.312 e. The van der Waals surface area contributed by atoms with Gasteiger partial charge in [-0.05, 0) is 55.2 Å². The molecule has 1 rings (SSSR count). The molecule has 0 saturated heterocycles. The van der Waals surface area contributed by atoms with Crippen molar-refractivity contribution in [3.05, 3.63) is 29.8 Å². The van der Waals surface area contributed by atoms with Crippen molar-refractivity contribution in [2.45, 2.75) is 78.8 Å². The van der Waals surface area contributed by atoms with Gasteiger partial charge in [0, 0.05) is 18.7 Å². The Morgan fingerprint density at radius 3 is 2.12 bits per heavy atom. The lowest BCUT2D eigenvalue weighted by Crippen LogP contribution is -2.54. The molecule has 9 heteroatoms. The summed E-state index contributed by atoms with van der Waals surface area (Å²) in [5.41, 5.74) is 6.91. The molecule has 0 aliphatic rings. The zero-order chi connectivity index (χ0) is 25.7. The number of anilines is 1. The normalized spacial score (nSPS) is 12.7. The summed E-state index contributed by atoms with van der Waals surface area (Å²) in [7, 11) is 0. The van der Waals surface area contributed by atoms with E-state index in [1.165, 1.54) is 5.56 Å². The number of benzene rings is 1. The third-order valence-electron chi connectivity index (χ3n) is 5.21. The van der Waals surface area contributed by atoms with Crippen LogP contribution in [-0.2, 0) is 20.8 Å². The number of hydrogen-bond acceptors (Lipinski definition) is 4. The fourth-order valence-electron chi connectivity index (χ4n) is 3.48. The van der Waals surface area contributed by atoms with Gasteiger partial charge < -0.3 is 27.0 Å². The van der Waals surface area contributed by atoms with Gasteiger partial charge in [0.05, 0.1) is 0 Å². The summed E-state index contributed by atoms with van der Waals surface area (Å²) in [5.74, 6) is -0.624. The molecule has 190 valence electrons. The number of nitrogens with two attached hydrogens (primary N) is 1. The average molecular weight is 476 g/mol. The molecule has 6 N–H and O–H groups in total. The molecule has 2 atom stereocenters. The topological polar surface area (TPSA) is 142 Å². The van der Waals surface area contributed by atoms with Crippen LogP contribution in [0.2, 0.25) is 0 Å². The molecule has 0 saturated carbocycles. The van der Waals surface area contributed by atoms with Gasteiger partial charge in [-0.25, -0.2) is 4.79 Å². The Morgan fingerprint density at radius 2 is 1.59 bits per heavy atom. The molecule has 0 aromatic heterocycles. The lowest BCUT2D eigenvalue weighted by Gasteiger charge is -2.25. The summed E-state index contributed by atoms with van der Waals surface area (Å²) >= 11 is 0. The van der Waals surface area contributed by atoms with Gasteiger partial charge in [0.1, 0.15) is 12.1 Å². The van der Waals surface area contributed by atoms with Gasteiger partial charge >= 0.3 is 6.03 Å². The molecule has 0 fully saturated rings. The van der Waals surface area contributed by atoms with Crippen molar-refractivity contribution >= 4 is 29.4 Å². The van der Waals surface area contributed by atoms with Crippen molar-refractivity contribution in [2.24, 2.45) is 17.6 Å². The number of urea groups is 1. The Labute approximate surface area is 203 Å². The van der Waals surface area contributed by atoms with Gasteiger partial charge in [0.2, 0.25) is 17.7 Å². The third-order valence-corrected chi connectivity index (χ3v) is 5.21.